The average molecular weight is 385 g/mol. The van der Waals surface area contributed by atoms with E-state index in [1.807, 2.05) is 12.1 Å². The van der Waals surface area contributed by atoms with E-state index in [9.17, 15) is 9.59 Å². The van der Waals surface area contributed by atoms with Gasteiger partial charge in [0, 0.05) is 23.3 Å². The highest BCUT2D eigenvalue weighted by molar-refractivity contribution is 9.10. The topological polar surface area (TPSA) is 67.9 Å². The van der Waals surface area contributed by atoms with Gasteiger partial charge in [-0.3, -0.25) is 5.43 Å². The fraction of sp³-hybridized carbons (Fsp3) is 0.375. The van der Waals surface area contributed by atoms with E-state index in [2.05, 4.69) is 21.4 Å². The zero-order valence-corrected chi connectivity index (χ0v) is 15.4. The Morgan fingerprint density at radius 1 is 1.26 bits per heavy atom. The van der Waals surface area contributed by atoms with Gasteiger partial charge in [-0.15, -0.1) is 0 Å². The zero-order chi connectivity index (χ0) is 17.6. The number of methoxy groups -OCH3 is 1. The van der Waals surface area contributed by atoms with Crippen LogP contribution in [0.1, 0.15) is 26.3 Å². The second kappa shape index (κ2) is 8.01. The minimum Gasteiger partial charge on any atom is -0.465 e. The molecule has 0 spiro atoms. The van der Waals surface area contributed by atoms with E-state index in [1.54, 1.807) is 32.9 Å². The lowest BCUT2D eigenvalue weighted by Crippen LogP contribution is -2.40. The first-order valence-corrected chi connectivity index (χ1v) is 7.71. The van der Waals surface area contributed by atoms with Crippen LogP contribution in [0.15, 0.2) is 34.9 Å². The molecule has 0 aromatic heterocycles. The number of carbonyl (C=O) groups excluding carboxylic acids is 2. The summed E-state index contributed by atoms with van der Waals surface area (Å²) in [5.41, 5.74) is 3.03. The summed E-state index contributed by atoms with van der Waals surface area (Å²) in [4.78, 5) is 23.9. The monoisotopic (exact) mass is 384 g/mol. The molecule has 0 radical (unpaired) electrons. The van der Waals surface area contributed by atoms with Gasteiger partial charge in [0.2, 0.25) is 0 Å². The summed E-state index contributed by atoms with van der Waals surface area (Å²) in [7, 11) is 2.80. The Balaban J connectivity index is 2.97. The summed E-state index contributed by atoms with van der Waals surface area (Å²) in [6, 6.07) is 7.21. The van der Waals surface area contributed by atoms with Crippen molar-refractivity contribution in [3.63, 3.8) is 0 Å². The van der Waals surface area contributed by atoms with E-state index in [0.29, 0.717) is 5.56 Å². The molecule has 23 heavy (non-hydrogen) atoms. The van der Waals surface area contributed by atoms with Crippen LogP contribution in [-0.2, 0) is 14.3 Å². The lowest BCUT2D eigenvalue weighted by Gasteiger charge is -2.24. The average Bonchev–Trinajstić information content (AvgIpc) is 2.46. The molecule has 0 heterocycles. The molecule has 0 bridgehead atoms. The van der Waals surface area contributed by atoms with Crippen LogP contribution in [0.3, 0.4) is 0 Å². The third-order valence-corrected chi connectivity index (χ3v) is 3.33. The van der Waals surface area contributed by atoms with E-state index >= 15 is 0 Å². The fourth-order valence-electron chi connectivity index (χ4n) is 1.58. The third-order valence-electron chi connectivity index (χ3n) is 2.64. The second-order valence-corrected chi connectivity index (χ2v) is 6.55. The number of nitrogens with one attached hydrogen (secondary N) is 1. The maximum absolute atomic E-state index is 12.0. The molecule has 0 aliphatic carbocycles. The number of halogens is 1. The summed E-state index contributed by atoms with van der Waals surface area (Å²) in [6.45, 7) is 5.32. The molecule has 0 saturated heterocycles. The summed E-state index contributed by atoms with van der Waals surface area (Å²) in [5.74, 6) is -0.526. The highest BCUT2D eigenvalue weighted by atomic mass is 79.9. The first-order chi connectivity index (χ1) is 10.7. The van der Waals surface area contributed by atoms with Crippen LogP contribution in [0.25, 0.3) is 5.57 Å². The lowest BCUT2D eigenvalue weighted by atomic mass is 10.1. The van der Waals surface area contributed by atoms with Crippen LogP contribution in [-0.4, -0.2) is 36.8 Å². The molecule has 0 fully saturated rings. The van der Waals surface area contributed by atoms with Gasteiger partial charge in [0.25, 0.3) is 0 Å². The maximum Gasteiger partial charge on any atom is 0.428 e. The Morgan fingerprint density at radius 2 is 1.87 bits per heavy atom. The lowest BCUT2D eigenvalue weighted by molar-refractivity contribution is -0.133. The molecule has 1 amide bonds. The van der Waals surface area contributed by atoms with Crippen LogP contribution in [0.4, 0.5) is 4.79 Å². The van der Waals surface area contributed by atoms with Gasteiger partial charge in [-0.05, 0) is 26.8 Å². The van der Waals surface area contributed by atoms with Gasteiger partial charge in [0.05, 0.1) is 12.7 Å². The Morgan fingerprint density at radius 3 is 2.39 bits per heavy atom. The van der Waals surface area contributed by atoms with Crippen LogP contribution >= 0.6 is 15.9 Å². The van der Waals surface area contributed by atoms with Crippen LogP contribution in [0.5, 0.6) is 0 Å². The molecule has 1 aromatic carbocycles. The predicted octanol–water partition coefficient (Wildman–Crippen LogP) is 3.33. The number of esters is 1. The van der Waals surface area contributed by atoms with Crippen molar-refractivity contribution in [2.45, 2.75) is 26.4 Å². The first-order valence-electron chi connectivity index (χ1n) is 6.92. The van der Waals surface area contributed by atoms with Crippen LogP contribution < -0.4 is 5.43 Å². The maximum atomic E-state index is 12.0. The number of hydrogen-bond donors (Lipinski definition) is 1. The molecule has 1 N–H and O–H groups in total. The molecule has 6 nitrogen and oxygen atoms in total. The number of nitrogens with zero attached hydrogens (tertiary/aromatic N) is 1. The van der Waals surface area contributed by atoms with E-state index < -0.39 is 17.7 Å². The van der Waals surface area contributed by atoms with Crippen LogP contribution in [0, 0.1) is 0 Å². The Kier molecular flexibility index (Phi) is 6.62. The largest absolute Gasteiger partial charge is 0.465 e. The summed E-state index contributed by atoms with van der Waals surface area (Å²) < 4.78 is 10.7. The summed E-state index contributed by atoms with van der Waals surface area (Å²) in [5, 5.41) is 1.14. The van der Waals surface area contributed by atoms with E-state index in [-0.39, 0.29) is 5.57 Å². The van der Waals surface area contributed by atoms with Crippen molar-refractivity contribution in [3.05, 3.63) is 40.5 Å². The van der Waals surface area contributed by atoms with Crippen molar-refractivity contribution >= 4 is 33.6 Å². The quantitative estimate of drug-likeness (QED) is 0.489. The highest BCUT2D eigenvalue weighted by Gasteiger charge is 2.20. The number of carbonyl (C=O) groups is 2. The smallest absolute Gasteiger partial charge is 0.428 e. The number of hydrazine groups is 1. The van der Waals surface area contributed by atoms with E-state index in [1.165, 1.54) is 20.4 Å². The SMILES string of the molecule is COC(=O)/C(=C/NN(C)C(=O)OC(C)(C)C)c1ccccc1Br. The molecule has 0 unspecified atom stereocenters. The van der Waals surface area contributed by atoms with Gasteiger partial charge < -0.3 is 9.47 Å². The number of amides is 1. The Bertz CT molecular complexity index is 608. The fourth-order valence-corrected chi connectivity index (χ4v) is 2.08. The molecule has 0 saturated carbocycles. The summed E-state index contributed by atoms with van der Waals surface area (Å²) >= 11 is 3.39. The molecular weight excluding hydrogens is 364 g/mol. The van der Waals surface area contributed by atoms with Crippen molar-refractivity contribution in [3.8, 4) is 0 Å². The standard InChI is InChI=1S/C16H21BrN2O4/c1-16(2,3)23-15(21)19(4)18-10-12(14(20)22-5)11-8-6-7-9-13(11)17/h6-10,18H,1-5H3/b12-10+. The van der Waals surface area contributed by atoms with Crippen molar-refractivity contribution in [2.75, 3.05) is 14.2 Å². The molecule has 1 rings (SSSR count). The highest BCUT2D eigenvalue weighted by Crippen LogP contribution is 2.24. The third kappa shape index (κ3) is 5.94. The van der Waals surface area contributed by atoms with Gasteiger partial charge in [0.15, 0.2) is 0 Å². The van der Waals surface area contributed by atoms with Gasteiger partial charge >= 0.3 is 12.1 Å². The van der Waals surface area contributed by atoms with Crippen molar-refractivity contribution < 1.29 is 19.1 Å². The predicted molar refractivity (Wildman–Crippen MR) is 91.3 cm³/mol. The second-order valence-electron chi connectivity index (χ2n) is 5.70. The molecule has 1 aromatic rings. The number of benzene rings is 1. The normalized spacial score (nSPS) is 11.7. The number of hydrogen-bond acceptors (Lipinski definition) is 5. The van der Waals surface area contributed by atoms with Gasteiger partial charge in [-0.25, -0.2) is 14.6 Å². The van der Waals surface area contributed by atoms with Gasteiger partial charge in [0.1, 0.15) is 5.60 Å². The molecule has 0 aliphatic rings. The van der Waals surface area contributed by atoms with Crippen LogP contribution in [0.2, 0.25) is 0 Å². The minimum atomic E-state index is -0.607. The van der Waals surface area contributed by atoms with Gasteiger partial charge in [-0.2, -0.15) is 0 Å². The van der Waals surface area contributed by atoms with Crippen molar-refractivity contribution in [2.24, 2.45) is 0 Å². The molecule has 7 heteroatoms. The number of ether oxygens (including phenoxy) is 2. The minimum absolute atomic E-state index is 0.274. The molecular formula is C16H21BrN2O4. The first kappa shape index (κ1) is 19.0. The van der Waals surface area contributed by atoms with Gasteiger partial charge in [-0.1, -0.05) is 34.1 Å². The molecule has 126 valence electrons. The number of rotatable bonds is 4. The zero-order valence-electron chi connectivity index (χ0n) is 13.8. The van der Waals surface area contributed by atoms with E-state index in [4.69, 9.17) is 9.47 Å². The van der Waals surface area contributed by atoms with E-state index in [0.717, 1.165) is 9.48 Å². The Hall–Kier alpha value is -2.02. The van der Waals surface area contributed by atoms with Crippen molar-refractivity contribution in [1.82, 2.24) is 10.4 Å². The summed E-state index contributed by atoms with van der Waals surface area (Å²) in [6.07, 6.45) is 0.834. The molecule has 0 aliphatic heterocycles. The Labute approximate surface area is 144 Å². The molecule has 0 atom stereocenters. The van der Waals surface area contributed by atoms with Crippen molar-refractivity contribution in [1.29, 1.82) is 0 Å².